The summed E-state index contributed by atoms with van der Waals surface area (Å²) >= 11 is 0. The number of hydrogen-bond donors (Lipinski definition) is 2. The molecule has 1 heterocycles. The van der Waals surface area contributed by atoms with Crippen molar-refractivity contribution in [1.82, 2.24) is 5.32 Å². The van der Waals surface area contributed by atoms with Crippen LogP contribution in [0.5, 0.6) is 0 Å². The molecule has 0 aromatic heterocycles. The van der Waals surface area contributed by atoms with Gasteiger partial charge in [0.2, 0.25) is 5.91 Å². The minimum absolute atomic E-state index is 0. The second-order valence-electron chi connectivity index (χ2n) is 5.27. The molecular weight excluding hydrogens is 268 g/mol. The van der Waals surface area contributed by atoms with Crippen molar-refractivity contribution < 1.29 is 14.3 Å². The summed E-state index contributed by atoms with van der Waals surface area (Å²) in [5, 5.41) is 2.86. The first kappa shape index (κ1) is 16.7. The molecule has 2 unspecified atom stereocenters. The lowest BCUT2D eigenvalue weighted by atomic mass is 10.2. The first-order valence-corrected chi connectivity index (χ1v) is 6.97. The molecule has 6 heteroatoms. The van der Waals surface area contributed by atoms with Crippen LogP contribution in [0.2, 0.25) is 0 Å². The molecule has 0 aromatic carbocycles. The molecule has 2 rings (SSSR count). The summed E-state index contributed by atoms with van der Waals surface area (Å²) in [4.78, 5) is 11.5. The van der Waals surface area contributed by atoms with Gasteiger partial charge in [0.25, 0.3) is 0 Å². The van der Waals surface area contributed by atoms with Gasteiger partial charge >= 0.3 is 0 Å². The monoisotopic (exact) mass is 292 g/mol. The third-order valence-electron chi connectivity index (χ3n) is 3.56. The van der Waals surface area contributed by atoms with E-state index in [0.29, 0.717) is 32.1 Å². The summed E-state index contributed by atoms with van der Waals surface area (Å²) in [6.45, 7) is 2.50. The molecule has 0 aromatic rings. The number of ether oxygens (including phenoxy) is 2. The third kappa shape index (κ3) is 6.56. The van der Waals surface area contributed by atoms with Crippen molar-refractivity contribution in [3.05, 3.63) is 0 Å². The zero-order valence-corrected chi connectivity index (χ0v) is 12.1. The quantitative estimate of drug-likeness (QED) is 0.651. The Labute approximate surface area is 121 Å². The molecule has 0 bridgehead atoms. The molecule has 2 atom stereocenters. The Balaban J connectivity index is 0.00000180. The Kier molecular flexibility index (Phi) is 7.68. The number of hydrogen-bond acceptors (Lipinski definition) is 4. The van der Waals surface area contributed by atoms with E-state index in [0.717, 1.165) is 19.4 Å². The molecule has 0 radical (unpaired) electrons. The molecule has 19 heavy (non-hydrogen) atoms. The van der Waals surface area contributed by atoms with Crippen LogP contribution in [0.15, 0.2) is 0 Å². The van der Waals surface area contributed by atoms with Crippen LogP contribution in [0.25, 0.3) is 0 Å². The van der Waals surface area contributed by atoms with Crippen molar-refractivity contribution in [2.75, 3.05) is 26.4 Å². The number of rotatable bonds is 8. The predicted molar refractivity (Wildman–Crippen MR) is 75.4 cm³/mol. The fourth-order valence-electron chi connectivity index (χ4n) is 2.17. The lowest BCUT2D eigenvalue weighted by Gasteiger charge is -2.12. The predicted octanol–water partition coefficient (Wildman–Crippen LogP) is 0.847. The van der Waals surface area contributed by atoms with Gasteiger partial charge in [0, 0.05) is 25.6 Å². The molecule has 1 saturated heterocycles. The highest BCUT2D eigenvalue weighted by Gasteiger charge is 2.28. The number of halogens is 1. The van der Waals surface area contributed by atoms with E-state index < -0.39 is 0 Å². The van der Waals surface area contributed by atoms with E-state index in [-0.39, 0.29) is 30.5 Å². The zero-order valence-electron chi connectivity index (χ0n) is 11.3. The van der Waals surface area contributed by atoms with E-state index in [9.17, 15) is 4.79 Å². The summed E-state index contributed by atoms with van der Waals surface area (Å²) in [7, 11) is 0. The minimum Gasteiger partial charge on any atom is -0.378 e. The Morgan fingerprint density at radius 3 is 2.84 bits per heavy atom. The van der Waals surface area contributed by atoms with E-state index in [2.05, 4.69) is 5.32 Å². The Morgan fingerprint density at radius 1 is 1.42 bits per heavy atom. The zero-order chi connectivity index (χ0) is 12.8. The molecule has 5 nitrogen and oxygen atoms in total. The maximum atomic E-state index is 11.5. The second kappa shape index (κ2) is 8.74. The van der Waals surface area contributed by atoms with E-state index in [1.165, 1.54) is 12.8 Å². The van der Waals surface area contributed by atoms with Gasteiger partial charge in [-0.1, -0.05) is 0 Å². The van der Waals surface area contributed by atoms with Gasteiger partial charge < -0.3 is 20.5 Å². The summed E-state index contributed by atoms with van der Waals surface area (Å²) in [5.74, 6) is 0.652. The molecule has 3 N–H and O–H groups in total. The summed E-state index contributed by atoms with van der Waals surface area (Å²) in [6, 6.07) is 0.127. The molecule has 1 amide bonds. The van der Waals surface area contributed by atoms with Crippen LogP contribution in [0, 0.1) is 5.92 Å². The Hall–Kier alpha value is -0.360. The van der Waals surface area contributed by atoms with Gasteiger partial charge in [-0.25, -0.2) is 0 Å². The maximum Gasteiger partial charge on any atom is 0.222 e. The molecular formula is C13H25ClN2O3. The van der Waals surface area contributed by atoms with Crippen LogP contribution in [0.4, 0.5) is 0 Å². The fraction of sp³-hybridized carbons (Fsp3) is 0.923. The normalized spacial score (nSPS) is 23.7. The largest absolute Gasteiger partial charge is 0.378 e. The van der Waals surface area contributed by atoms with Crippen molar-refractivity contribution in [1.29, 1.82) is 0 Å². The van der Waals surface area contributed by atoms with Crippen molar-refractivity contribution in [2.45, 2.75) is 44.2 Å². The van der Waals surface area contributed by atoms with Crippen LogP contribution < -0.4 is 11.1 Å². The third-order valence-corrected chi connectivity index (χ3v) is 3.56. The van der Waals surface area contributed by atoms with Gasteiger partial charge in [-0.2, -0.15) is 0 Å². The van der Waals surface area contributed by atoms with Crippen molar-refractivity contribution in [2.24, 2.45) is 11.7 Å². The van der Waals surface area contributed by atoms with Crippen molar-refractivity contribution in [3.8, 4) is 0 Å². The van der Waals surface area contributed by atoms with Crippen LogP contribution in [-0.2, 0) is 14.3 Å². The molecule has 112 valence electrons. The molecule has 1 aliphatic heterocycles. The van der Waals surface area contributed by atoms with Crippen molar-refractivity contribution in [3.63, 3.8) is 0 Å². The van der Waals surface area contributed by atoms with E-state index in [1.807, 2.05) is 0 Å². The van der Waals surface area contributed by atoms with Crippen LogP contribution in [0.3, 0.4) is 0 Å². The van der Waals surface area contributed by atoms with Gasteiger partial charge in [0.1, 0.15) is 0 Å². The van der Waals surface area contributed by atoms with Gasteiger partial charge in [-0.05, 0) is 31.6 Å². The maximum absolute atomic E-state index is 11.5. The lowest BCUT2D eigenvalue weighted by Crippen LogP contribution is -2.38. The average molecular weight is 293 g/mol. The molecule has 0 spiro atoms. The van der Waals surface area contributed by atoms with Crippen molar-refractivity contribution >= 4 is 18.3 Å². The first-order chi connectivity index (χ1) is 8.75. The molecule has 1 saturated carbocycles. The second-order valence-corrected chi connectivity index (χ2v) is 5.27. The number of carbonyl (C=O) groups is 1. The highest BCUT2D eigenvalue weighted by atomic mass is 35.5. The number of carbonyl (C=O) groups excluding carboxylic acids is 1. The van der Waals surface area contributed by atoms with Gasteiger partial charge in [0.15, 0.2) is 0 Å². The number of amides is 1. The summed E-state index contributed by atoms with van der Waals surface area (Å²) < 4.78 is 10.9. The molecule has 2 fully saturated rings. The lowest BCUT2D eigenvalue weighted by molar-refractivity contribution is -0.122. The topological polar surface area (TPSA) is 73.6 Å². The Morgan fingerprint density at radius 2 is 2.21 bits per heavy atom. The highest BCUT2D eigenvalue weighted by molar-refractivity contribution is 5.85. The van der Waals surface area contributed by atoms with Gasteiger partial charge in [0.05, 0.1) is 19.3 Å². The Bertz CT molecular complexity index is 269. The van der Waals surface area contributed by atoms with E-state index in [1.54, 1.807) is 0 Å². The molecule has 1 aliphatic carbocycles. The fourth-order valence-corrected chi connectivity index (χ4v) is 2.17. The summed E-state index contributed by atoms with van der Waals surface area (Å²) in [6.07, 6.45) is 5.25. The SMILES string of the molecule is Cl.NC(CNC(=O)CCOCC1CCCO1)C1CC1. The summed E-state index contributed by atoms with van der Waals surface area (Å²) in [5.41, 5.74) is 5.90. The smallest absolute Gasteiger partial charge is 0.222 e. The average Bonchev–Trinajstić information content (AvgIpc) is 3.10. The standard InChI is InChI=1S/C13H24N2O3.ClH/c14-12(10-3-4-10)8-15-13(16)5-7-17-9-11-2-1-6-18-11;/h10-12H,1-9,14H2,(H,15,16);1H. The van der Waals surface area contributed by atoms with Crippen LogP contribution in [0.1, 0.15) is 32.1 Å². The number of nitrogens with one attached hydrogen (secondary N) is 1. The van der Waals surface area contributed by atoms with Gasteiger partial charge in [-0.15, -0.1) is 12.4 Å². The van der Waals surface area contributed by atoms with Crippen LogP contribution >= 0.6 is 12.4 Å². The van der Waals surface area contributed by atoms with E-state index in [4.69, 9.17) is 15.2 Å². The van der Waals surface area contributed by atoms with Crippen LogP contribution in [-0.4, -0.2) is 44.4 Å². The number of nitrogens with two attached hydrogens (primary N) is 1. The first-order valence-electron chi connectivity index (χ1n) is 6.97. The van der Waals surface area contributed by atoms with E-state index >= 15 is 0 Å². The molecule has 2 aliphatic rings. The van der Waals surface area contributed by atoms with Gasteiger partial charge in [-0.3, -0.25) is 4.79 Å². The minimum atomic E-state index is 0. The highest BCUT2D eigenvalue weighted by Crippen LogP contribution is 2.31.